The van der Waals surface area contributed by atoms with Crippen LogP contribution in [-0.2, 0) is 85.6 Å². The minimum Gasteiger partial charge on any atom is -0.386 e. The maximum atomic E-state index is 13.8. The van der Waals surface area contributed by atoms with E-state index in [1.54, 1.807) is 77.8 Å². The van der Waals surface area contributed by atoms with Crippen LogP contribution in [-0.4, -0.2) is 212 Å². The van der Waals surface area contributed by atoms with Crippen LogP contribution in [0.3, 0.4) is 0 Å². The molecule has 820 valence electrons. The SMILES string of the molecule is CC(C)(C)OCC1=CC(N2C=CC(=O)CC2=O)[C@H]2OC(C)(C)O[C@@H]12.CC(C)(C)OCC1=CC(O)[C@H]2OC(C)(C)O[C@@H]12.CC(C)(C)OCC1=CC(n2ccc(=O)n(C(=O)c3ccccc3)c2=O)[C@H]2OC(C)(C)O[C@@H]12.CC(C)c1cc(C(C)C)c(S(=O)(=O)Cl)c(C(C)C)c1.CC(C)c1cc(C(C)C)c(S(=O)(=O)Oc2ccn(C3C=C(COC(C)(C)C)[C@@H]4OC(C)(C)O[C@H]34)c(=O)n2)c(C(C)C)c1.O=C(c1ccccc1)n1c(=O)cc[nH]c1=O. The molecule has 4 saturated heterocycles. The number of nitrogens with zero attached hydrogens (tertiary/aromatic N) is 6. The number of rotatable bonds is 23. The van der Waals surface area contributed by atoms with Crippen molar-refractivity contribution in [3.63, 3.8) is 0 Å². The molecule has 0 radical (unpaired) electrons. The van der Waals surface area contributed by atoms with Crippen molar-refractivity contribution in [1.82, 2.24) is 33.1 Å². The van der Waals surface area contributed by atoms with Gasteiger partial charge in [0.2, 0.25) is 11.8 Å². The summed E-state index contributed by atoms with van der Waals surface area (Å²) in [6.45, 7) is 64.3. The van der Waals surface area contributed by atoms with E-state index in [0.29, 0.717) is 63.1 Å². The molecule has 12 atom stereocenters. The number of carbonyl (C=O) groups excluding carboxylic acids is 4. The van der Waals surface area contributed by atoms with Gasteiger partial charge in [0.05, 0.1) is 78.3 Å². The van der Waals surface area contributed by atoms with E-state index >= 15 is 0 Å². The van der Waals surface area contributed by atoms with Gasteiger partial charge in [-0.25, -0.2) is 22.8 Å². The molecule has 5 aliphatic heterocycles. The molecule has 34 nitrogen and oxygen atoms in total. The average Bonchev–Trinajstić information content (AvgIpc) is 1.60. The van der Waals surface area contributed by atoms with Crippen molar-refractivity contribution in [1.29, 1.82) is 0 Å². The Labute approximate surface area is 884 Å². The molecular weight excluding hydrogens is 1990 g/mol. The summed E-state index contributed by atoms with van der Waals surface area (Å²) in [5.74, 6) is -4.28. The maximum Gasteiger partial charge on any atom is 0.351 e. The lowest BCUT2D eigenvalue weighted by Gasteiger charge is -2.30. The van der Waals surface area contributed by atoms with Crippen molar-refractivity contribution >= 4 is 53.4 Å². The molecule has 4 fully saturated rings. The van der Waals surface area contributed by atoms with Crippen molar-refractivity contribution in [2.75, 3.05) is 26.4 Å². The van der Waals surface area contributed by atoms with Gasteiger partial charge in [0.1, 0.15) is 59.8 Å². The normalized spacial score (nSPS) is 23.3. The summed E-state index contributed by atoms with van der Waals surface area (Å²) in [6, 6.07) is 26.6. The number of hydrogen-bond acceptors (Lipinski definition) is 28. The zero-order valence-electron chi connectivity index (χ0n) is 92.4. The van der Waals surface area contributed by atoms with Gasteiger partial charge in [-0.05, 0) is 266 Å². The fourth-order valence-electron chi connectivity index (χ4n) is 18.3. The highest BCUT2D eigenvalue weighted by atomic mass is 35.7. The summed E-state index contributed by atoms with van der Waals surface area (Å²) in [5.41, 5.74) is 4.89. The van der Waals surface area contributed by atoms with E-state index in [1.807, 2.05) is 236 Å². The third kappa shape index (κ3) is 30.3. The predicted molar refractivity (Wildman–Crippen MR) is 569 cm³/mol. The topological polar surface area (TPSA) is 414 Å². The number of aliphatic hydroxyl groups is 1. The summed E-state index contributed by atoms with van der Waals surface area (Å²) < 4.78 is 133. The highest BCUT2D eigenvalue weighted by Gasteiger charge is 2.56. The number of H-pyrrole nitrogens is 1. The molecule has 2 N–H and O–H groups in total. The predicted octanol–water partition coefficient (Wildman–Crippen LogP) is 17.5. The lowest BCUT2D eigenvalue weighted by atomic mass is 9.89. The van der Waals surface area contributed by atoms with Gasteiger partial charge in [-0.1, -0.05) is 162 Å². The van der Waals surface area contributed by atoms with Gasteiger partial charge in [-0.15, -0.1) is 0 Å². The lowest BCUT2D eigenvalue weighted by molar-refractivity contribution is -0.154. The molecule has 8 heterocycles. The van der Waals surface area contributed by atoms with Crippen molar-refractivity contribution in [2.24, 2.45) is 0 Å². The molecule has 0 saturated carbocycles. The van der Waals surface area contributed by atoms with Gasteiger partial charge in [0.15, 0.2) is 28.9 Å². The number of carbonyl (C=O) groups is 4. The Morgan fingerprint density at radius 3 is 1.16 bits per heavy atom. The third-order valence-electron chi connectivity index (χ3n) is 25.5. The van der Waals surface area contributed by atoms with Crippen LogP contribution in [0.5, 0.6) is 5.88 Å². The van der Waals surface area contributed by atoms with Crippen LogP contribution in [0.2, 0.25) is 0 Å². The Bertz CT molecular complexity index is 6730. The first-order valence-electron chi connectivity index (χ1n) is 50.9. The molecule has 37 heteroatoms. The number of ketones is 1. The van der Waals surface area contributed by atoms with Gasteiger partial charge in [0.25, 0.3) is 32.0 Å². The van der Waals surface area contributed by atoms with E-state index in [9.17, 15) is 65.1 Å². The number of ether oxygens (including phenoxy) is 12. The van der Waals surface area contributed by atoms with E-state index in [1.165, 1.54) is 45.9 Å². The second-order valence-electron chi connectivity index (χ2n) is 46.3. The zero-order chi connectivity index (χ0) is 112. The van der Waals surface area contributed by atoms with Gasteiger partial charge in [-0.2, -0.15) is 22.5 Å². The van der Waals surface area contributed by atoms with E-state index in [0.717, 1.165) is 50.6 Å². The average molecular weight is 2140 g/mol. The molecule has 7 aromatic rings. The van der Waals surface area contributed by atoms with Crippen molar-refractivity contribution in [3.8, 4) is 5.88 Å². The number of aromatic nitrogens is 6. The first kappa shape index (κ1) is 120. The Kier molecular flexibility index (Phi) is 37.6. The lowest BCUT2D eigenvalue weighted by Crippen LogP contribution is -2.45. The minimum absolute atomic E-state index is 0.0630. The number of allylic oxidation sites excluding steroid dienone is 1. The zero-order valence-corrected chi connectivity index (χ0v) is 94.8. The quantitative estimate of drug-likeness (QED) is 0.0260. The highest BCUT2D eigenvalue weighted by molar-refractivity contribution is 8.13. The largest absolute Gasteiger partial charge is 0.386 e. The summed E-state index contributed by atoms with van der Waals surface area (Å²) in [4.78, 5) is 119. The fourth-order valence-corrected chi connectivity index (χ4v) is 21.6. The minimum atomic E-state index is -4.30. The third-order valence-corrected chi connectivity index (χ3v) is 28.3. The maximum absolute atomic E-state index is 13.8. The van der Waals surface area contributed by atoms with Gasteiger partial charge in [0, 0.05) is 64.8 Å². The molecule has 9 aliphatic rings. The standard InChI is InChI=1S/C32H46N2O7S.C24H28N2O6.C18H25NO5.C15H23ClO2S.C13H22O4.C11H8N2O3/c1-18(2)21-14-23(19(3)4)29(24(15-21)20(5)6)42(36,37)41-26-12-13-34(30(35)33-26)25-16-22(17-38-31(7,8)9)27-28(25)40-32(10,11)39-27;1-23(2,3)30-14-16-13-17(20-19(16)31-24(4,5)32-20)25-12-11-18(27)26(22(25)29)21(28)15-9-7-6-8-10-15;1-17(2,3)22-10-11-8-13(16-15(11)23-18(4,5)24-16)19-7-6-12(20)9-14(19)21;1-9(2)12-7-13(10(3)4)15(19(16,17)18)14(8-12)11(5)6;1-12(2,3)15-7-8-6-9(14)11-10(8)16-13(4,5)17-11;14-9-6-7-12-11(16)13(9)10(15)8-4-2-1-3-5-8/h12-16,18-20,25,27-28H,17H2,1-11H3;6-13,17,19-20H,14H2,1-5H3;6-8,13,15-16H,9-10H2,1-5H3;7-11H,1-6H3;6,9-11,14H,7H2,1-5H3;1-7H,(H,12,16)/t25?,27-,28+;17?,19-,20+;13?,15-,16+;;9?,10-,11+;/m000.0./s1. The van der Waals surface area contributed by atoms with Crippen LogP contribution in [0.15, 0.2) is 214 Å². The Morgan fingerprint density at radius 2 is 0.793 bits per heavy atom. The summed E-state index contributed by atoms with van der Waals surface area (Å²) in [7, 11) is -2.36. The number of amides is 1. The van der Waals surface area contributed by atoms with E-state index in [-0.39, 0.29) is 123 Å². The molecule has 4 aliphatic carbocycles. The van der Waals surface area contributed by atoms with E-state index in [2.05, 4.69) is 37.7 Å². The molecule has 16 rings (SSSR count). The second kappa shape index (κ2) is 47.0. The molecular formula is C113H152ClN7O27S2. The van der Waals surface area contributed by atoms with Gasteiger partial charge >= 0.3 is 27.2 Å². The highest BCUT2D eigenvalue weighted by Crippen LogP contribution is 2.48. The van der Waals surface area contributed by atoms with Crippen molar-refractivity contribution in [3.05, 3.63) is 277 Å². The van der Waals surface area contributed by atoms with Crippen LogP contribution in [0, 0.1) is 0 Å². The molecule has 150 heavy (non-hydrogen) atoms. The van der Waals surface area contributed by atoms with Gasteiger partial charge < -0.3 is 76.0 Å². The Morgan fingerprint density at radius 1 is 0.447 bits per heavy atom. The number of aromatic amines is 1. The first-order valence-corrected chi connectivity index (χ1v) is 54.7. The van der Waals surface area contributed by atoms with Crippen molar-refractivity contribution in [2.45, 2.75) is 392 Å². The molecule has 3 aromatic heterocycles. The van der Waals surface area contributed by atoms with Crippen LogP contribution in [0.25, 0.3) is 0 Å². The number of fused-ring (bicyclic) bond motifs is 4. The van der Waals surface area contributed by atoms with Crippen LogP contribution in [0.4, 0.5) is 0 Å². The number of benzene rings is 4. The summed E-state index contributed by atoms with van der Waals surface area (Å²) in [5, 5.41) is 9.89. The first-order chi connectivity index (χ1) is 69.2. The number of nitrogens with one attached hydrogen (secondary N) is 1. The number of hydrogen-bond donors (Lipinski definition) is 2. The monoisotopic (exact) mass is 2140 g/mol. The van der Waals surface area contributed by atoms with E-state index in [4.69, 9.17) is 71.7 Å². The summed E-state index contributed by atoms with van der Waals surface area (Å²) in [6.07, 6.45) is 11.2. The molecule has 1 amide bonds. The fraction of sp³-hybridized carbons (Fsp3) is 0.558. The van der Waals surface area contributed by atoms with Gasteiger partial charge in [-0.3, -0.25) is 37.9 Å². The van der Waals surface area contributed by atoms with Crippen LogP contribution >= 0.6 is 10.7 Å². The number of aliphatic hydroxyl groups excluding tert-OH is 1. The Balaban J connectivity index is 0.000000177. The Hall–Kier alpha value is -10.2. The van der Waals surface area contributed by atoms with Crippen LogP contribution in [0.1, 0.15) is 330 Å². The number of halogens is 1. The molecule has 0 bridgehead atoms. The second-order valence-corrected chi connectivity index (χ2v) is 50.3. The molecule has 4 aromatic carbocycles. The van der Waals surface area contributed by atoms with Crippen molar-refractivity contribution < 1.29 is 102 Å². The summed E-state index contributed by atoms with van der Waals surface area (Å²) >= 11 is 0. The molecule has 0 spiro atoms. The van der Waals surface area contributed by atoms with E-state index < -0.39 is 119 Å². The smallest absolute Gasteiger partial charge is 0.351 e. The van der Waals surface area contributed by atoms with Crippen LogP contribution < -0.4 is 32.4 Å². The molecule has 4 unspecified atom stereocenters.